The number of amides is 1. The monoisotopic (exact) mass is 623 g/mol. The van der Waals surface area contributed by atoms with Crippen LogP contribution in [0.5, 0.6) is 5.75 Å². The van der Waals surface area contributed by atoms with Crippen molar-refractivity contribution in [2.45, 2.75) is 83.0 Å². The minimum atomic E-state index is -1.60. The molecule has 0 aliphatic heterocycles. The fraction of sp³-hybridized carbons (Fsp3) is 0.500. The van der Waals surface area contributed by atoms with Crippen LogP contribution < -0.4 is 10.3 Å². The summed E-state index contributed by atoms with van der Waals surface area (Å²) in [6, 6.07) is 17.5. The van der Waals surface area contributed by atoms with E-state index in [-0.39, 0.29) is 34.4 Å². The molecule has 9 heteroatoms. The molecule has 1 amide bonds. The average molecular weight is 624 g/mol. The summed E-state index contributed by atoms with van der Waals surface area (Å²) in [6.45, 7) is 12.4. The van der Waals surface area contributed by atoms with E-state index in [4.69, 9.17) is 26.1 Å². The van der Waals surface area contributed by atoms with Crippen molar-refractivity contribution < 1.29 is 14.3 Å². The third-order valence-corrected chi connectivity index (χ3v) is 14.5. The zero-order chi connectivity index (χ0) is 31.3. The summed E-state index contributed by atoms with van der Waals surface area (Å²) >= 11 is 6.19. The molecule has 232 valence electrons. The highest BCUT2D eigenvalue weighted by atomic mass is 35.5. The molecule has 0 spiro atoms. The molecule has 0 bridgehead atoms. The molecule has 1 aromatic heterocycles. The molecule has 1 aliphatic rings. The average Bonchev–Trinajstić information content (AvgIpc) is 3.43. The minimum absolute atomic E-state index is 0.0332. The highest BCUT2D eigenvalue weighted by molar-refractivity contribution is 6.80. The van der Waals surface area contributed by atoms with Gasteiger partial charge in [0.2, 0.25) is 5.75 Å². The molecule has 0 radical (unpaired) electrons. The van der Waals surface area contributed by atoms with Gasteiger partial charge in [0.05, 0.1) is 14.7 Å². The lowest BCUT2D eigenvalue weighted by molar-refractivity contribution is 0.0717. The van der Waals surface area contributed by atoms with E-state index in [1.165, 1.54) is 5.56 Å². The number of rotatable bonds is 12. The van der Waals surface area contributed by atoms with Gasteiger partial charge in [-0.3, -0.25) is 9.59 Å². The predicted molar refractivity (Wildman–Crippen MR) is 176 cm³/mol. The third-order valence-electron chi connectivity index (χ3n) is 9.29. The van der Waals surface area contributed by atoms with E-state index >= 15 is 0 Å². The lowest BCUT2D eigenvalue weighted by Gasteiger charge is -2.36. The number of H-pyrrole nitrogens is 1. The van der Waals surface area contributed by atoms with Gasteiger partial charge >= 0.3 is 0 Å². The van der Waals surface area contributed by atoms with Crippen molar-refractivity contribution in [2.24, 2.45) is 0 Å². The smallest absolute Gasteiger partial charge is 0.294 e. The summed E-state index contributed by atoms with van der Waals surface area (Å²) in [5, 5.41) is 0.904. The van der Waals surface area contributed by atoms with Gasteiger partial charge < -0.3 is 19.4 Å². The largest absolute Gasteiger partial charge is 0.481 e. The Hall–Kier alpha value is -2.94. The summed E-state index contributed by atoms with van der Waals surface area (Å²) < 4.78 is 12.0. The van der Waals surface area contributed by atoms with Gasteiger partial charge in [-0.15, -0.1) is 0 Å². The van der Waals surface area contributed by atoms with Gasteiger partial charge in [-0.05, 0) is 41.1 Å². The van der Waals surface area contributed by atoms with Crippen molar-refractivity contribution in [3.8, 4) is 5.75 Å². The fourth-order valence-electron chi connectivity index (χ4n) is 5.37. The van der Waals surface area contributed by atoms with Crippen LogP contribution in [-0.2, 0) is 23.2 Å². The number of carbonyl (C=O) groups is 1. The number of likely N-dealkylation sites (N-methyl/N-ethyl adjacent to an activating group) is 1. The molecule has 4 rings (SSSR count). The number of benzene rings is 2. The first-order chi connectivity index (χ1) is 20.3. The molecule has 1 fully saturated rings. The van der Waals surface area contributed by atoms with Gasteiger partial charge in [-0.1, -0.05) is 101 Å². The highest BCUT2D eigenvalue weighted by Crippen LogP contribution is 2.43. The van der Waals surface area contributed by atoms with Gasteiger partial charge in [-0.2, -0.15) is 0 Å². The second-order valence-electron chi connectivity index (χ2n) is 13.5. The second kappa shape index (κ2) is 13.8. The van der Waals surface area contributed by atoms with Gasteiger partial charge in [0, 0.05) is 36.7 Å². The second-order valence-corrected chi connectivity index (χ2v) is 19.5. The zero-order valence-corrected chi connectivity index (χ0v) is 28.2. The molecular weight excluding hydrogens is 578 g/mol. The Labute approximate surface area is 262 Å². The Balaban J connectivity index is 1.59. The van der Waals surface area contributed by atoms with Crippen molar-refractivity contribution in [3.63, 3.8) is 0 Å². The van der Waals surface area contributed by atoms with Crippen LogP contribution in [0, 0.1) is 0 Å². The van der Waals surface area contributed by atoms with Crippen LogP contribution in [0.2, 0.25) is 23.2 Å². The number of hydrogen-bond donors (Lipinski definition) is 1. The number of carbonyl (C=O) groups excluding carboxylic acids is 1. The van der Waals surface area contributed by atoms with Gasteiger partial charge in [0.15, 0.2) is 5.69 Å². The summed E-state index contributed by atoms with van der Waals surface area (Å²) in [6.07, 6.45) is 5.36. The van der Waals surface area contributed by atoms with E-state index in [1.54, 1.807) is 11.9 Å². The van der Waals surface area contributed by atoms with Gasteiger partial charge in [-0.25, -0.2) is 4.98 Å². The number of nitrogens with zero attached hydrogens (tertiary/aromatic N) is 2. The van der Waals surface area contributed by atoms with Crippen molar-refractivity contribution in [1.29, 1.82) is 0 Å². The van der Waals surface area contributed by atoms with Crippen molar-refractivity contribution >= 4 is 25.6 Å². The predicted octanol–water partition coefficient (Wildman–Crippen LogP) is 7.19. The fourth-order valence-corrected chi connectivity index (χ4v) is 6.59. The lowest BCUT2D eigenvalue weighted by atomic mass is 9.76. The van der Waals surface area contributed by atoms with E-state index in [9.17, 15) is 9.59 Å². The summed E-state index contributed by atoms with van der Waals surface area (Å²) in [7, 11) is 0.114. The van der Waals surface area contributed by atoms with E-state index in [1.807, 2.05) is 42.5 Å². The normalized spacial score (nSPS) is 15.0. The molecule has 1 N–H and O–H groups in total. The van der Waals surface area contributed by atoms with Crippen molar-refractivity contribution in [1.82, 2.24) is 14.9 Å². The summed E-state index contributed by atoms with van der Waals surface area (Å²) in [4.78, 5) is 36.6. The first-order valence-corrected chi connectivity index (χ1v) is 18.8. The number of aromatic amines is 1. The van der Waals surface area contributed by atoms with E-state index in [2.05, 4.69) is 51.0 Å². The molecule has 0 saturated heterocycles. The Morgan fingerprint density at radius 3 is 2.35 bits per heavy atom. The maximum Gasteiger partial charge on any atom is 0.294 e. The van der Waals surface area contributed by atoms with Crippen LogP contribution in [0.4, 0.5) is 0 Å². The van der Waals surface area contributed by atoms with Gasteiger partial charge in [0.25, 0.3) is 11.5 Å². The zero-order valence-electron chi connectivity index (χ0n) is 26.5. The standard InChI is InChI=1S/C34H46ClN3O4Si/c1-33(2,3)43(5,6)24-41-21-20-38(4)32(40)29-30(42-23-25-12-8-7-9-13-25)31(39)37-28(36-29)22-34(18-10-11-19-34)26-14-16-27(35)17-15-26/h7-9,12-17H,10-11,18-24H2,1-6H3,(H,36,37,39). The molecular formula is C34H46ClN3O4Si. The first kappa shape index (κ1) is 33.0. The Morgan fingerprint density at radius 2 is 1.72 bits per heavy atom. The lowest BCUT2D eigenvalue weighted by Crippen LogP contribution is -2.43. The van der Waals surface area contributed by atoms with Crippen LogP contribution in [0.3, 0.4) is 0 Å². The van der Waals surface area contributed by atoms with E-state index < -0.39 is 13.6 Å². The molecule has 0 unspecified atom stereocenters. The molecule has 0 atom stereocenters. The quantitative estimate of drug-likeness (QED) is 0.170. The molecule has 43 heavy (non-hydrogen) atoms. The molecule has 1 aliphatic carbocycles. The van der Waals surface area contributed by atoms with Crippen LogP contribution in [-0.4, -0.2) is 55.3 Å². The Bertz CT molecular complexity index is 1430. The number of ether oxygens (including phenoxy) is 2. The van der Waals surface area contributed by atoms with Crippen LogP contribution >= 0.6 is 11.6 Å². The van der Waals surface area contributed by atoms with E-state index in [0.717, 1.165) is 31.2 Å². The Kier molecular flexibility index (Phi) is 10.6. The molecule has 2 aromatic carbocycles. The number of aromatic nitrogens is 2. The molecule has 7 nitrogen and oxygen atoms in total. The highest BCUT2D eigenvalue weighted by Gasteiger charge is 2.38. The van der Waals surface area contributed by atoms with E-state index in [0.29, 0.717) is 36.6 Å². The maximum absolute atomic E-state index is 13.8. The van der Waals surface area contributed by atoms with Crippen LogP contribution in [0.1, 0.15) is 73.9 Å². The first-order valence-electron chi connectivity index (χ1n) is 15.2. The molecule has 1 heterocycles. The summed E-state index contributed by atoms with van der Waals surface area (Å²) in [5.74, 6) is 0.0664. The minimum Gasteiger partial charge on any atom is -0.481 e. The summed E-state index contributed by atoms with van der Waals surface area (Å²) in [5.41, 5.74) is 1.47. The number of hydrogen-bond acceptors (Lipinski definition) is 5. The maximum atomic E-state index is 13.8. The molecule has 1 saturated carbocycles. The molecule has 3 aromatic rings. The van der Waals surface area contributed by atoms with Crippen molar-refractivity contribution in [2.75, 3.05) is 26.4 Å². The SMILES string of the molecule is CN(CCOC[Si](C)(C)C(C)(C)C)C(=O)c1nc(CC2(c3ccc(Cl)cc3)CCCC2)[nH]c(=O)c1OCc1ccccc1. The third kappa shape index (κ3) is 8.16. The van der Waals surface area contributed by atoms with Crippen LogP contribution in [0.15, 0.2) is 59.4 Å². The van der Waals surface area contributed by atoms with Crippen LogP contribution in [0.25, 0.3) is 0 Å². The Morgan fingerprint density at radius 1 is 1.07 bits per heavy atom. The topological polar surface area (TPSA) is 84.5 Å². The van der Waals surface area contributed by atoms with Crippen molar-refractivity contribution in [3.05, 3.63) is 92.6 Å². The van der Waals surface area contributed by atoms with Gasteiger partial charge in [0.1, 0.15) is 12.4 Å². The number of nitrogens with one attached hydrogen (secondary N) is 1. The number of halogens is 1.